The van der Waals surface area contributed by atoms with Crippen molar-refractivity contribution in [3.05, 3.63) is 9.77 Å². The zero-order chi connectivity index (χ0) is 13.3. The minimum absolute atomic E-state index is 0.00600. The van der Waals surface area contributed by atoms with Crippen LogP contribution in [0.25, 0.3) is 0 Å². The Labute approximate surface area is 119 Å². The fourth-order valence-electron chi connectivity index (χ4n) is 1.50. The number of carbonyl (C=O) groups excluding carboxylic acids is 1. The quantitative estimate of drug-likeness (QED) is 0.815. The summed E-state index contributed by atoms with van der Waals surface area (Å²) in [4.78, 5) is 13.3. The highest BCUT2D eigenvalue weighted by Gasteiger charge is 2.35. The largest absolute Gasteiger partial charge is 0.470 e. The van der Waals surface area contributed by atoms with Gasteiger partial charge in [0, 0.05) is 0 Å². The van der Waals surface area contributed by atoms with E-state index < -0.39 is 5.60 Å². The Balaban J connectivity index is 1.77. The van der Waals surface area contributed by atoms with E-state index in [0.29, 0.717) is 19.0 Å². The maximum absolute atomic E-state index is 11.7. The molecule has 1 aliphatic heterocycles. The lowest BCUT2D eigenvalue weighted by molar-refractivity contribution is -0.0234. The molecule has 2 rings (SSSR count). The predicted octanol–water partition coefficient (Wildman–Crippen LogP) is 2.01. The number of nitrogens with zero attached hydrogens (tertiary/aromatic N) is 2. The van der Waals surface area contributed by atoms with Gasteiger partial charge < -0.3 is 14.4 Å². The minimum Gasteiger partial charge on any atom is -0.470 e. The van der Waals surface area contributed by atoms with Gasteiger partial charge in [0.05, 0.1) is 22.9 Å². The van der Waals surface area contributed by atoms with Crippen molar-refractivity contribution in [1.82, 2.24) is 15.1 Å². The van der Waals surface area contributed by atoms with E-state index in [0.717, 1.165) is 3.57 Å². The molecule has 1 aliphatic rings. The predicted molar refractivity (Wildman–Crippen MR) is 73.5 cm³/mol. The van der Waals surface area contributed by atoms with Crippen molar-refractivity contribution in [1.29, 1.82) is 0 Å². The second-order valence-corrected chi connectivity index (χ2v) is 6.33. The van der Waals surface area contributed by atoms with Crippen LogP contribution in [0.15, 0.2) is 6.20 Å². The Morgan fingerprint density at radius 1 is 1.56 bits per heavy atom. The van der Waals surface area contributed by atoms with Gasteiger partial charge in [0.15, 0.2) is 0 Å². The molecule has 0 aliphatic carbocycles. The van der Waals surface area contributed by atoms with Crippen LogP contribution in [0.1, 0.15) is 20.8 Å². The third-order valence-electron chi connectivity index (χ3n) is 2.35. The number of hydrogen-bond acceptors (Lipinski definition) is 4. The van der Waals surface area contributed by atoms with Gasteiger partial charge >= 0.3 is 6.09 Å². The number of halogens is 1. The Kier molecular flexibility index (Phi) is 3.69. The van der Waals surface area contributed by atoms with Crippen molar-refractivity contribution < 1.29 is 14.3 Å². The second kappa shape index (κ2) is 4.94. The molecule has 0 bridgehead atoms. The topological polar surface area (TPSA) is 67.4 Å². The average Bonchev–Trinajstić information content (AvgIpc) is 2.54. The van der Waals surface area contributed by atoms with Crippen molar-refractivity contribution in [3.8, 4) is 5.88 Å². The molecule has 1 aromatic rings. The van der Waals surface area contributed by atoms with Gasteiger partial charge in [0.25, 0.3) is 0 Å². The maximum atomic E-state index is 11.7. The number of aromatic amines is 1. The number of nitrogens with one attached hydrogen (secondary N) is 1. The monoisotopic (exact) mass is 365 g/mol. The number of likely N-dealkylation sites (tertiary alicyclic amines) is 1. The van der Waals surface area contributed by atoms with Gasteiger partial charge in [-0.2, -0.15) is 5.10 Å². The summed E-state index contributed by atoms with van der Waals surface area (Å²) in [6, 6.07) is 0. The molecule has 7 heteroatoms. The van der Waals surface area contributed by atoms with Crippen LogP contribution in [0, 0.1) is 3.57 Å². The summed E-state index contributed by atoms with van der Waals surface area (Å²) in [6.45, 7) is 6.65. The second-order valence-electron chi connectivity index (χ2n) is 5.17. The third kappa shape index (κ3) is 3.27. The van der Waals surface area contributed by atoms with Gasteiger partial charge in [-0.1, -0.05) is 0 Å². The van der Waals surface area contributed by atoms with Gasteiger partial charge in [-0.3, -0.25) is 0 Å². The van der Waals surface area contributed by atoms with E-state index in [-0.39, 0.29) is 12.2 Å². The lowest BCUT2D eigenvalue weighted by Gasteiger charge is -2.39. The van der Waals surface area contributed by atoms with Crippen LogP contribution in [-0.2, 0) is 4.74 Å². The lowest BCUT2D eigenvalue weighted by atomic mass is 10.2. The van der Waals surface area contributed by atoms with Crippen LogP contribution >= 0.6 is 22.6 Å². The van der Waals surface area contributed by atoms with E-state index in [4.69, 9.17) is 9.47 Å². The zero-order valence-corrected chi connectivity index (χ0v) is 12.7. The summed E-state index contributed by atoms with van der Waals surface area (Å²) in [7, 11) is 0. The molecule has 2 heterocycles. The van der Waals surface area contributed by atoms with Crippen molar-refractivity contribution in [2.45, 2.75) is 32.5 Å². The van der Waals surface area contributed by atoms with Crippen LogP contribution in [0.4, 0.5) is 4.79 Å². The van der Waals surface area contributed by atoms with E-state index in [1.165, 1.54) is 0 Å². The SMILES string of the molecule is CC(C)(C)OC(=O)N1CC(Oc2[nH]ncc2I)C1. The van der Waals surface area contributed by atoms with Gasteiger partial charge in [-0.05, 0) is 43.4 Å². The maximum Gasteiger partial charge on any atom is 0.410 e. The number of aromatic nitrogens is 2. The first kappa shape index (κ1) is 13.4. The fraction of sp³-hybridized carbons (Fsp3) is 0.636. The van der Waals surface area contributed by atoms with Crippen molar-refractivity contribution >= 4 is 28.7 Å². The highest BCUT2D eigenvalue weighted by Crippen LogP contribution is 2.22. The minimum atomic E-state index is -0.457. The normalized spacial score (nSPS) is 16.3. The molecule has 0 aromatic carbocycles. The van der Waals surface area contributed by atoms with Gasteiger partial charge in [0.1, 0.15) is 11.7 Å². The molecule has 0 unspecified atom stereocenters. The summed E-state index contributed by atoms with van der Waals surface area (Å²) in [5, 5.41) is 6.65. The molecule has 1 saturated heterocycles. The molecule has 0 saturated carbocycles. The van der Waals surface area contributed by atoms with Crippen LogP contribution in [-0.4, -0.2) is 46.0 Å². The Morgan fingerprint density at radius 2 is 2.22 bits per heavy atom. The Bertz CT molecular complexity index is 435. The molecule has 0 radical (unpaired) electrons. The van der Waals surface area contributed by atoms with Gasteiger partial charge in [-0.25, -0.2) is 9.89 Å². The standard InChI is InChI=1S/C11H16IN3O3/c1-11(2,3)18-10(16)15-5-7(6-15)17-9-8(12)4-13-14-9/h4,7H,5-6H2,1-3H3,(H,13,14). The molecule has 6 nitrogen and oxygen atoms in total. The van der Waals surface area contributed by atoms with Crippen LogP contribution in [0.5, 0.6) is 5.88 Å². The van der Waals surface area contributed by atoms with Crippen molar-refractivity contribution in [3.63, 3.8) is 0 Å². The highest BCUT2D eigenvalue weighted by atomic mass is 127. The number of hydrogen-bond donors (Lipinski definition) is 1. The Morgan fingerprint density at radius 3 is 2.72 bits per heavy atom. The van der Waals surface area contributed by atoms with E-state index in [1.807, 2.05) is 20.8 Å². The molecule has 1 fully saturated rings. The zero-order valence-electron chi connectivity index (χ0n) is 10.6. The molecule has 1 amide bonds. The molecular weight excluding hydrogens is 349 g/mol. The molecule has 18 heavy (non-hydrogen) atoms. The van der Waals surface area contributed by atoms with E-state index >= 15 is 0 Å². The Hall–Kier alpha value is -0.990. The molecule has 0 spiro atoms. The van der Waals surface area contributed by atoms with Crippen LogP contribution in [0.2, 0.25) is 0 Å². The van der Waals surface area contributed by atoms with Crippen molar-refractivity contribution in [2.24, 2.45) is 0 Å². The summed E-state index contributed by atoms with van der Waals surface area (Å²) in [5.41, 5.74) is -0.457. The van der Waals surface area contributed by atoms with Crippen LogP contribution in [0.3, 0.4) is 0 Å². The first-order valence-corrected chi connectivity index (χ1v) is 6.76. The van der Waals surface area contributed by atoms with Crippen LogP contribution < -0.4 is 4.74 Å². The van der Waals surface area contributed by atoms with Gasteiger partial charge in [0.2, 0.25) is 5.88 Å². The summed E-state index contributed by atoms with van der Waals surface area (Å²) in [5.74, 6) is 0.657. The summed E-state index contributed by atoms with van der Waals surface area (Å²) < 4.78 is 11.8. The number of ether oxygens (including phenoxy) is 2. The van der Waals surface area contributed by atoms with E-state index in [2.05, 4.69) is 32.8 Å². The first-order valence-electron chi connectivity index (χ1n) is 5.68. The smallest absolute Gasteiger partial charge is 0.410 e. The number of carbonyl (C=O) groups is 1. The van der Waals surface area contributed by atoms with E-state index in [9.17, 15) is 4.79 Å². The number of H-pyrrole nitrogens is 1. The number of amides is 1. The molecular formula is C11H16IN3O3. The van der Waals surface area contributed by atoms with Crippen molar-refractivity contribution in [2.75, 3.05) is 13.1 Å². The number of rotatable bonds is 2. The molecule has 0 atom stereocenters. The summed E-state index contributed by atoms with van der Waals surface area (Å²) >= 11 is 2.14. The lowest BCUT2D eigenvalue weighted by Crippen LogP contribution is -2.57. The first-order chi connectivity index (χ1) is 8.35. The summed E-state index contributed by atoms with van der Waals surface area (Å²) in [6.07, 6.45) is 1.41. The fourth-order valence-corrected chi connectivity index (χ4v) is 1.88. The van der Waals surface area contributed by atoms with Gasteiger partial charge in [-0.15, -0.1) is 0 Å². The molecule has 1 N–H and O–H groups in total. The average molecular weight is 365 g/mol. The molecule has 1 aromatic heterocycles. The third-order valence-corrected chi connectivity index (χ3v) is 3.11. The highest BCUT2D eigenvalue weighted by molar-refractivity contribution is 14.1. The molecule has 100 valence electrons. The van der Waals surface area contributed by atoms with E-state index in [1.54, 1.807) is 11.1 Å².